The van der Waals surface area contributed by atoms with Crippen molar-refractivity contribution in [3.63, 3.8) is 0 Å². The van der Waals surface area contributed by atoms with Crippen LogP contribution in [-0.4, -0.2) is 64.7 Å². The molecule has 38 heavy (non-hydrogen) atoms. The number of nitrogens with one attached hydrogen (secondary N) is 2. The number of carbonyl (C=O) groups excluding carboxylic acids is 2. The average Bonchev–Trinajstić information content (AvgIpc) is 3.64. The first-order valence-electron chi connectivity index (χ1n) is 12.1. The lowest BCUT2D eigenvalue weighted by Crippen LogP contribution is -2.51. The van der Waals surface area contributed by atoms with Crippen LogP contribution in [-0.2, 0) is 22.6 Å². The second kappa shape index (κ2) is 11.5. The molecular formula is C26H26FN7O4. The molecule has 0 atom stereocenters. The van der Waals surface area contributed by atoms with Gasteiger partial charge in [-0.2, -0.15) is 0 Å². The summed E-state index contributed by atoms with van der Waals surface area (Å²) in [6.45, 7) is 2.10. The van der Waals surface area contributed by atoms with E-state index in [1.807, 2.05) is 11.0 Å². The van der Waals surface area contributed by atoms with Gasteiger partial charge in [0.05, 0.1) is 25.2 Å². The number of benzene rings is 1. The summed E-state index contributed by atoms with van der Waals surface area (Å²) in [6, 6.07) is 13.7. The molecule has 1 aromatic carbocycles. The predicted molar refractivity (Wildman–Crippen MR) is 135 cm³/mol. The summed E-state index contributed by atoms with van der Waals surface area (Å²) < 4.78 is 25.1. The van der Waals surface area contributed by atoms with Gasteiger partial charge < -0.3 is 29.5 Å². The van der Waals surface area contributed by atoms with Crippen LogP contribution >= 0.6 is 0 Å². The third-order valence-corrected chi connectivity index (χ3v) is 6.16. The highest BCUT2D eigenvalue weighted by Crippen LogP contribution is 2.27. The quantitative estimate of drug-likeness (QED) is 0.343. The molecule has 196 valence electrons. The van der Waals surface area contributed by atoms with Crippen molar-refractivity contribution >= 4 is 23.3 Å². The summed E-state index contributed by atoms with van der Waals surface area (Å²) in [6.07, 6.45) is 3.20. The van der Waals surface area contributed by atoms with Crippen LogP contribution in [0.4, 0.5) is 15.9 Å². The van der Waals surface area contributed by atoms with Crippen molar-refractivity contribution in [1.82, 2.24) is 25.5 Å². The Kier molecular flexibility index (Phi) is 7.57. The van der Waals surface area contributed by atoms with Gasteiger partial charge >= 0.3 is 0 Å². The van der Waals surface area contributed by atoms with Crippen LogP contribution in [0.1, 0.15) is 11.5 Å². The standard InChI is InChI=1S/C26H26FN7O4/c27-21-13-18(22-15-20(38-31-22)16-29-24-6-12-37-32-24)4-5-23(21)33-8-10-34(11-9-33)26(36)17-30-25(35)14-19-3-1-2-7-28-19/h1-7,12-13,15H,8-11,14,16-17H2,(H,29,32)(H,30,35). The molecule has 0 aliphatic carbocycles. The second-order valence-corrected chi connectivity index (χ2v) is 8.73. The van der Waals surface area contributed by atoms with Gasteiger partial charge in [-0.05, 0) is 24.3 Å². The number of nitrogens with zero attached hydrogens (tertiary/aromatic N) is 5. The zero-order valence-electron chi connectivity index (χ0n) is 20.5. The van der Waals surface area contributed by atoms with Crippen LogP contribution in [0, 0.1) is 5.82 Å². The minimum Gasteiger partial charge on any atom is -0.366 e. The Labute approximate surface area is 217 Å². The molecule has 2 amide bonds. The Morgan fingerprint density at radius 3 is 2.63 bits per heavy atom. The number of hydrogen-bond donors (Lipinski definition) is 2. The van der Waals surface area contributed by atoms with Crippen molar-refractivity contribution in [3.8, 4) is 11.3 Å². The SMILES string of the molecule is O=C(Cc1ccccn1)NCC(=O)N1CCN(c2ccc(-c3cc(CNc4ccon4)on3)cc2F)CC1. The molecule has 12 heteroatoms. The first-order valence-corrected chi connectivity index (χ1v) is 12.1. The highest BCUT2D eigenvalue weighted by molar-refractivity contribution is 5.85. The fraction of sp³-hybridized carbons (Fsp3) is 0.269. The summed E-state index contributed by atoms with van der Waals surface area (Å²) in [7, 11) is 0. The van der Waals surface area contributed by atoms with Crippen molar-refractivity contribution in [1.29, 1.82) is 0 Å². The van der Waals surface area contributed by atoms with Gasteiger partial charge in [0, 0.05) is 55.8 Å². The van der Waals surface area contributed by atoms with Crippen molar-refractivity contribution < 1.29 is 23.0 Å². The maximum absolute atomic E-state index is 15.0. The molecule has 0 spiro atoms. The van der Waals surface area contributed by atoms with Crippen LogP contribution in [0.5, 0.6) is 0 Å². The van der Waals surface area contributed by atoms with Gasteiger partial charge in [-0.15, -0.1) is 0 Å². The lowest BCUT2D eigenvalue weighted by atomic mass is 10.1. The van der Waals surface area contributed by atoms with Gasteiger partial charge in [-0.1, -0.05) is 22.4 Å². The highest BCUT2D eigenvalue weighted by atomic mass is 19.1. The Morgan fingerprint density at radius 2 is 1.89 bits per heavy atom. The highest BCUT2D eigenvalue weighted by Gasteiger charge is 2.23. The summed E-state index contributed by atoms with van der Waals surface area (Å²) in [5.74, 6) is 0.332. The number of carbonyl (C=O) groups is 2. The number of rotatable bonds is 9. The number of anilines is 2. The van der Waals surface area contributed by atoms with Gasteiger partial charge in [0.2, 0.25) is 11.8 Å². The number of pyridine rings is 1. The van der Waals surface area contributed by atoms with E-state index >= 15 is 4.39 Å². The largest absolute Gasteiger partial charge is 0.366 e. The zero-order valence-corrected chi connectivity index (χ0v) is 20.5. The minimum absolute atomic E-state index is 0.0808. The summed E-state index contributed by atoms with van der Waals surface area (Å²) in [5.41, 5.74) is 2.22. The Hall–Kier alpha value is -4.74. The molecule has 0 bridgehead atoms. The molecule has 1 saturated heterocycles. The van der Waals surface area contributed by atoms with E-state index in [-0.39, 0.29) is 30.6 Å². The Balaban J connectivity index is 1.10. The predicted octanol–water partition coefficient (Wildman–Crippen LogP) is 2.48. The van der Waals surface area contributed by atoms with Crippen LogP contribution < -0.4 is 15.5 Å². The fourth-order valence-corrected chi connectivity index (χ4v) is 4.15. The van der Waals surface area contributed by atoms with E-state index < -0.39 is 0 Å². The topological polar surface area (TPSA) is 130 Å². The average molecular weight is 520 g/mol. The lowest BCUT2D eigenvalue weighted by Gasteiger charge is -2.36. The number of hydrogen-bond acceptors (Lipinski definition) is 9. The molecule has 1 aliphatic heterocycles. The van der Waals surface area contributed by atoms with Crippen LogP contribution in [0.15, 0.2) is 70.0 Å². The van der Waals surface area contributed by atoms with Gasteiger partial charge in [0.25, 0.3) is 0 Å². The first-order chi connectivity index (χ1) is 18.5. The molecule has 2 N–H and O–H groups in total. The molecular weight excluding hydrogens is 493 g/mol. The zero-order chi connectivity index (χ0) is 26.3. The number of piperazine rings is 1. The van der Waals surface area contributed by atoms with Gasteiger partial charge in [-0.25, -0.2) is 4.39 Å². The van der Waals surface area contributed by atoms with Gasteiger partial charge in [0.1, 0.15) is 17.8 Å². The molecule has 4 aromatic rings. The number of aromatic nitrogens is 3. The summed E-state index contributed by atoms with van der Waals surface area (Å²) in [4.78, 5) is 32.3. The van der Waals surface area contributed by atoms with E-state index in [4.69, 9.17) is 9.05 Å². The number of halogens is 1. The van der Waals surface area contributed by atoms with E-state index in [9.17, 15) is 9.59 Å². The van der Waals surface area contributed by atoms with Gasteiger partial charge in [0.15, 0.2) is 11.6 Å². The van der Waals surface area contributed by atoms with E-state index in [1.54, 1.807) is 47.5 Å². The molecule has 0 unspecified atom stereocenters. The van der Waals surface area contributed by atoms with Gasteiger partial charge in [-0.3, -0.25) is 14.6 Å². The third-order valence-electron chi connectivity index (χ3n) is 6.16. The summed E-state index contributed by atoms with van der Waals surface area (Å²) >= 11 is 0. The maximum Gasteiger partial charge on any atom is 0.242 e. The minimum atomic E-state index is -0.380. The second-order valence-electron chi connectivity index (χ2n) is 8.73. The molecule has 1 aliphatic rings. The molecule has 0 radical (unpaired) electrons. The number of amides is 2. The van der Waals surface area contributed by atoms with E-state index in [0.29, 0.717) is 66.9 Å². The molecule has 4 heterocycles. The van der Waals surface area contributed by atoms with Crippen LogP contribution in [0.2, 0.25) is 0 Å². The molecule has 0 saturated carbocycles. The van der Waals surface area contributed by atoms with E-state index in [2.05, 4.69) is 25.9 Å². The monoisotopic (exact) mass is 519 g/mol. The Morgan fingerprint density at radius 1 is 1.03 bits per heavy atom. The molecule has 1 fully saturated rings. The summed E-state index contributed by atoms with van der Waals surface area (Å²) in [5, 5.41) is 13.5. The van der Waals surface area contributed by atoms with Crippen molar-refractivity contribution in [2.24, 2.45) is 0 Å². The fourth-order valence-electron chi connectivity index (χ4n) is 4.15. The smallest absolute Gasteiger partial charge is 0.242 e. The molecule has 5 rings (SSSR count). The van der Waals surface area contributed by atoms with Crippen molar-refractivity contribution in [2.45, 2.75) is 13.0 Å². The maximum atomic E-state index is 15.0. The van der Waals surface area contributed by atoms with Crippen LogP contribution in [0.3, 0.4) is 0 Å². The molecule has 3 aromatic heterocycles. The normalized spacial score (nSPS) is 13.4. The third kappa shape index (κ3) is 6.14. The first kappa shape index (κ1) is 24.9. The van der Waals surface area contributed by atoms with Crippen LogP contribution in [0.25, 0.3) is 11.3 Å². The molecule has 11 nitrogen and oxygen atoms in total. The Bertz CT molecular complexity index is 1370. The van der Waals surface area contributed by atoms with E-state index in [0.717, 1.165) is 0 Å². The van der Waals surface area contributed by atoms with E-state index in [1.165, 1.54) is 12.3 Å². The lowest BCUT2D eigenvalue weighted by molar-refractivity contribution is -0.133. The van der Waals surface area contributed by atoms with Crippen molar-refractivity contribution in [3.05, 3.63) is 78.3 Å². The van der Waals surface area contributed by atoms with Crippen molar-refractivity contribution in [2.75, 3.05) is 42.9 Å².